The normalized spacial score (nSPS) is 12.7. The Labute approximate surface area is 133 Å². The Bertz CT molecular complexity index is 741. The first-order valence-corrected chi connectivity index (χ1v) is 7.27. The quantitative estimate of drug-likeness (QED) is 0.910. The van der Waals surface area contributed by atoms with Crippen LogP contribution in [0.25, 0.3) is 0 Å². The van der Waals surface area contributed by atoms with Crippen molar-refractivity contribution in [3.8, 4) is 11.5 Å². The highest BCUT2D eigenvalue weighted by Gasteiger charge is 2.22. The van der Waals surface area contributed by atoms with E-state index in [0.717, 1.165) is 5.75 Å². The number of anilines is 2. The number of ether oxygens (including phenoxy) is 2. The number of rotatable bonds is 4. The molecule has 1 heterocycles. The first kappa shape index (κ1) is 14.9. The summed E-state index contributed by atoms with van der Waals surface area (Å²) in [7, 11) is 0. The number of amides is 2. The molecule has 118 valence electrons. The minimum absolute atomic E-state index is 0.0969. The Morgan fingerprint density at radius 2 is 2.04 bits per heavy atom. The molecule has 2 aromatic carbocycles. The third-order valence-electron chi connectivity index (χ3n) is 3.30. The highest BCUT2D eigenvalue weighted by molar-refractivity contribution is 6.09. The van der Waals surface area contributed by atoms with Crippen molar-refractivity contribution < 1.29 is 19.1 Å². The largest absolute Gasteiger partial charge is 0.494 e. The van der Waals surface area contributed by atoms with E-state index in [1.165, 1.54) is 0 Å². The van der Waals surface area contributed by atoms with Crippen LogP contribution in [0, 0.1) is 0 Å². The van der Waals surface area contributed by atoms with E-state index in [1.807, 2.05) is 6.92 Å². The van der Waals surface area contributed by atoms with Gasteiger partial charge in [-0.15, -0.1) is 0 Å². The highest BCUT2D eigenvalue weighted by atomic mass is 16.5. The molecule has 1 aliphatic rings. The van der Waals surface area contributed by atoms with Crippen LogP contribution in [-0.2, 0) is 4.79 Å². The van der Waals surface area contributed by atoms with Gasteiger partial charge in [0.1, 0.15) is 5.75 Å². The molecule has 0 radical (unpaired) electrons. The monoisotopic (exact) mass is 312 g/mol. The summed E-state index contributed by atoms with van der Waals surface area (Å²) in [6.45, 7) is 2.40. The van der Waals surface area contributed by atoms with Crippen molar-refractivity contribution in [2.45, 2.75) is 6.92 Å². The smallest absolute Gasteiger partial charge is 0.262 e. The molecule has 3 rings (SSSR count). The minimum Gasteiger partial charge on any atom is -0.494 e. The number of fused-ring (bicyclic) bond motifs is 1. The lowest BCUT2D eigenvalue weighted by atomic mass is 10.1. The van der Waals surface area contributed by atoms with Crippen LogP contribution in [0.4, 0.5) is 11.4 Å². The van der Waals surface area contributed by atoms with Crippen LogP contribution >= 0.6 is 0 Å². The molecule has 23 heavy (non-hydrogen) atoms. The first-order valence-electron chi connectivity index (χ1n) is 7.27. The fraction of sp³-hybridized carbons (Fsp3) is 0.176. The van der Waals surface area contributed by atoms with Crippen molar-refractivity contribution in [2.24, 2.45) is 0 Å². The molecule has 0 atom stereocenters. The van der Waals surface area contributed by atoms with Crippen LogP contribution in [0.15, 0.2) is 42.5 Å². The van der Waals surface area contributed by atoms with Crippen LogP contribution in [0.3, 0.4) is 0 Å². The highest BCUT2D eigenvalue weighted by Crippen LogP contribution is 2.32. The van der Waals surface area contributed by atoms with Gasteiger partial charge < -0.3 is 20.1 Å². The van der Waals surface area contributed by atoms with Gasteiger partial charge in [-0.3, -0.25) is 9.59 Å². The molecular weight excluding hydrogens is 296 g/mol. The van der Waals surface area contributed by atoms with Gasteiger partial charge in [-0.05, 0) is 43.3 Å². The fourth-order valence-corrected chi connectivity index (χ4v) is 2.29. The first-order chi connectivity index (χ1) is 11.2. The molecule has 0 saturated heterocycles. The molecule has 0 saturated carbocycles. The standard InChI is InChI=1S/C17H16N2O4/c1-2-22-12-8-6-11(7-9-12)18-17(21)13-4-3-5-14-16(13)23-10-15(20)19-14/h3-9H,2,10H2,1H3,(H,18,21)(H,19,20). The van der Waals surface area contributed by atoms with Crippen molar-refractivity contribution in [1.82, 2.24) is 0 Å². The van der Waals surface area contributed by atoms with Crippen molar-refractivity contribution in [2.75, 3.05) is 23.8 Å². The molecule has 6 heteroatoms. The zero-order valence-corrected chi connectivity index (χ0v) is 12.6. The van der Waals surface area contributed by atoms with Crippen LogP contribution in [-0.4, -0.2) is 25.0 Å². The summed E-state index contributed by atoms with van der Waals surface area (Å²) in [6, 6.07) is 12.1. The molecular formula is C17H16N2O4. The van der Waals surface area contributed by atoms with Gasteiger partial charge in [0.15, 0.2) is 12.4 Å². The van der Waals surface area contributed by atoms with Crippen LogP contribution in [0.2, 0.25) is 0 Å². The predicted molar refractivity (Wildman–Crippen MR) is 86.1 cm³/mol. The zero-order valence-electron chi connectivity index (χ0n) is 12.6. The SMILES string of the molecule is CCOc1ccc(NC(=O)c2cccc3c2OCC(=O)N3)cc1. The Kier molecular flexibility index (Phi) is 4.14. The Hall–Kier alpha value is -3.02. The Morgan fingerprint density at radius 1 is 1.26 bits per heavy atom. The van der Waals surface area contributed by atoms with E-state index in [4.69, 9.17) is 9.47 Å². The topological polar surface area (TPSA) is 76.7 Å². The second kappa shape index (κ2) is 6.39. The maximum Gasteiger partial charge on any atom is 0.262 e. The molecule has 0 spiro atoms. The molecule has 0 bridgehead atoms. The Morgan fingerprint density at radius 3 is 2.78 bits per heavy atom. The molecule has 2 N–H and O–H groups in total. The number of carbonyl (C=O) groups excluding carboxylic acids is 2. The number of benzene rings is 2. The van der Waals surface area contributed by atoms with Crippen molar-refractivity contribution in [3.05, 3.63) is 48.0 Å². The maximum atomic E-state index is 12.4. The average Bonchev–Trinajstić information content (AvgIpc) is 2.56. The summed E-state index contributed by atoms with van der Waals surface area (Å²) in [6.07, 6.45) is 0. The van der Waals surface area contributed by atoms with E-state index in [1.54, 1.807) is 42.5 Å². The predicted octanol–water partition coefficient (Wildman–Crippen LogP) is 2.67. The van der Waals surface area contributed by atoms with Gasteiger partial charge in [-0.2, -0.15) is 0 Å². The number of carbonyl (C=O) groups is 2. The van der Waals surface area contributed by atoms with E-state index >= 15 is 0 Å². The van der Waals surface area contributed by atoms with E-state index in [9.17, 15) is 9.59 Å². The molecule has 6 nitrogen and oxygen atoms in total. The molecule has 0 fully saturated rings. The number of hydrogen-bond acceptors (Lipinski definition) is 4. The van der Waals surface area contributed by atoms with Crippen molar-refractivity contribution >= 4 is 23.2 Å². The molecule has 0 unspecified atom stereocenters. The second-order valence-corrected chi connectivity index (χ2v) is 4.93. The second-order valence-electron chi connectivity index (χ2n) is 4.93. The summed E-state index contributed by atoms with van der Waals surface area (Å²) >= 11 is 0. The maximum absolute atomic E-state index is 12.4. The zero-order chi connectivity index (χ0) is 16.2. The van der Waals surface area contributed by atoms with Gasteiger partial charge in [-0.1, -0.05) is 6.07 Å². The lowest BCUT2D eigenvalue weighted by molar-refractivity contribution is -0.118. The van der Waals surface area contributed by atoms with Gasteiger partial charge in [-0.25, -0.2) is 0 Å². The summed E-state index contributed by atoms with van der Waals surface area (Å²) in [5.74, 6) is 0.591. The number of nitrogens with one attached hydrogen (secondary N) is 2. The summed E-state index contributed by atoms with van der Waals surface area (Å²) in [5.41, 5.74) is 1.52. The third kappa shape index (κ3) is 3.26. The van der Waals surface area contributed by atoms with Gasteiger partial charge in [0.05, 0.1) is 17.9 Å². The van der Waals surface area contributed by atoms with E-state index < -0.39 is 0 Å². The molecule has 0 aliphatic carbocycles. The molecule has 1 aliphatic heterocycles. The van der Waals surface area contributed by atoms with Crippen LogP contribution in [0.1, 0.15) is 17.3 Å². The lowest BCUT2D eigenvalue weighted by Crippen LogP contribution is -2.27. The van der Waals surface area contributed by atoms with Crippen LogP contribution < -0.4 is 20.1 Å². The summed E-state index contributed by atoms with van der Waals surface area (Å²) in [4.78, 5) is 23.8. The summed E-state index contributed by atoms with van der Waals surface area (Å²) < 4.78 is 10.7. The van der Waals surface area contributed by atoms with E-state index in [0.29, 0.717) is 29.3 Å². The number of para-hydroxylation sites is 1. The van der Waals surface area contributed by atoms with E-state index in [-0.39, 0.29) is 18.4 Å². The van der Waals surface area contributed by atoms with Gasteiger partial charge in [0.25, 0.3) is 11.8 Å². The van der Waals surface area contributed by atoms with Crippen LogP contribution in [0.5, 0.6) is 11.5 Å². The number of hydrogen-bond donors (Lipinski definition) is 2. The van der Waals surface area contributed by atoms with Crippen molar-refractivity contribution in [3.63, 3.8) is 0 Å². The Balaban J connectivity index is 1.78. The molecule has 2 amide bonds. The lowest BCUT2D eigenvalue weighted by Gasteiger charge is -2.20. The van der Waals surface area contributed by atoms with Gasteiger partial charge >= 0.3 is 0 Å². The molecule has 0 aromatic heterocycles. The average molecular weight is 312 g/mol. The fourth-order valence-electron chi connectivity index (χ4n) is 2.29. The van der Waals surface area contributed by atoms with Gasteiger partial charge in [0, 0.05) is 5.69 Å². The van der Waals surface area contributed by atoms with Crippen molar-refractivity contribution in [1.29, 1.82) is 0 Å². The third-order valence-corrected chi connectivity index (χ3v) is 3.30. The summed E-state index contributed by atoms with van der Waals surface area (Å²) in [5, 5.41) is 5.48. The van der Waals surface area contributed by atoms with Gasteiger partial charge in [0.2, 0.25) is 0 Å². The molecule has 2 aromatic rings. The van der Waals surface area contributed by atoms with E-state index in [2.05, 4.69) is 10.6 Å². The minimum atomic E-state index is -0.304.